The molecule has 1 N–H and O–H groups in total. The van der Waals surface area contributed by atoms with Crippen LogP contribution in [0.3, 0.4) is 0 Å². The molecule has 1 aromatic carbocycles. The fourth-order valence-corrected chi connectivity index (χ4v) is 5.34. The SMILES string of the molecule is Cc1cc(C)c(C)c(S(=O)(=O)NCCn2nc3c(cc2=O)CCCC3)c1C. The molecule has 0 spiro atoms. The second-order valence-corrected chi connectivity index (χ2v) is 9.08. The van der Waals surface area contributed by atoms with Gasteiger partial charge >= 0.3 is 0 Å². The Morgan fingerprint density at radius 3 is 2.33 bits per heavy atom. The molecule has 0 saturated heterocycles. The normalized spacial score (nSPS) is 14.2. The summed E-state index contributed by atoms with van der Waals surface area (Å²) < 4.78 is 29.7. The zero-order valence-electron chi connectivity index (χ0n) is 16.4. The number of fused-ring (bicyclic) bond motifs is 1. The Morgan fingerprint density at radius 2 is 1.67 bits per heavy atom. The summed E-state index contributed by atoms with van der Waals surface area (Å²) in [7, 11) is -3.66. The molecule has 0 saturated carbocycles. The zero-order valence-corrected chi connectivity index (χ0v) is 17.2. The van der Waals surface area contributed by atoms with Gasteiger partial charge in [0.25, 0.3) is 5.56 Å². The predicted octanol–water partition coefficient (Wildman–Crippen LogP) is 2.33. The minimum atomic E-state index is -3.66. The molecular weight excluding hydrogens is 362 g/mol. The van der Waals surface area contributed by atoms with Crippen LogP contribution in [-0.2, 0) is 29.4 Å². The van der Waals surface area contributed by atoms with Crippen molar-refractivity contribution in [3.05, 3.63) is 56.0 Å². The van der Waals surface area contributed by atoms with Gasteiger partial charge in [0, 0.05) is 12.6 Å². The van der Waals surface area contributed by atoms with Crippen LogP contribution in [0.1, 0.15) is 46.4 Å². The van der Waals surface area contributed by atoms with Crippen molar-refractivity contribution in [2.75, 3.05) is 6.54 Å². The topological polar surface area (TPSA) is 81.1 Å². The second-order valence-electron chi connectivity index (χ2n) is 7.37. The highest BCUT2D eigenvalue weighted by Crippen LogP contribution is 2.25. The number of hydrogen-bond acceptors (Lipinski definition) is 4. The average molecular weight is 390 g/mol. The molecule has 2 aromatic rings. The first-order valence-electron chi connectivity index (χ1n) is 9.37. The van der Waals surface area contributed by atoms with Crippen LogP contribution in [0.25, 0.3) is 0 Å². The molecule has 0 amide bonds. The van der Waals surface area contributed by atoms with E-state index in [0.29, 0.717) is 4.90 Å². The molecular formula is C20H27N3O3S. The van der Waals surface area contributed by atoms with E-state index in [0.717, 1.165) is 59.2 Å². The highest BCUT2D eigenvalue weighted by molar-refractivity contribution is 7.89. The van der Waals surface area contributed by atoms with Crippen LogP contribution < -0.4 is 10.3 Å². The Bertz CT molecular complexity index is 1010. The first-order valence-corrected chi connectivity index (χ1v) is 10.9. The lowest BCUT2D eigenvalue weighted by Crippen LogP contribution is -2.33. The number of benzene rings is 1. The van der Waals surface area contributed by atoms with E-state index in [1.54, 1.807) is 6.07 Å². The summed E-state index contributed by atoms with van der Waals surface area (Å²) in [5, 5.41) is 4.44. The Labute approximate surface area is 160 Å². The number of nitrogens with zero attached hydrogens (tertiary/aromatic N) is 2. The molecule has 0 unspecified atom stereocenters. The summed E-state index contributed by atoms with van der Waals surface area (Å²) in [5.41, 5.74) is 5.24. The third kappa shape index (κ3) is 3.99. The average Bonchev–Trinajstić information content (AvgIpc) is 2.60. The van der Waals surface area contributed by atoms with Gasteiger partial charge in [-0.05, 0) is 81.2 Å². The number of aryl methyl sites for hydroxylation is 4. The van der Waals surface area contributed by atoms with Gasteiger partial charge in [-0.3, -0.25) is 4.79 Å². The van der Waals surface area contributed by atoms with Crippen LogP contribution in [0, 0.1) is 27.7 Å². The van der Waals surface area contributed by atoms with Crippen LogP contribution in [0.2, 0.25) is 0 Å². The third-order valence-corrected chi connectivity index (χ3v) is 7.19. The van der Waals surface area contributed by atoms with Crippen molar-refractivity contribution < 1.29 is 8.42 Å². The van der Waals surface area contributed by atoms with Gasteiger partial charge in [0.05, 0.1) is 17.1 Å². The maximum atomic E-state index is 12.9. The number of sulfonamides is 1. The molecule has 0 bridgehead atoms. The summed E-state index contributed by atoms with van der Waals surface area (Å²) in [6.07, 6.45) is 3.95. The number of nitrogens with one attached hydrogen (secondary N) is 1. The molecule has 3 rings (SSSR count). The van der Waals surface area contributed by atoms with Crippen molar-refractivity contribution in [1.29, 1.82) is 0 Å². The van der Waals surface area contributed by atoms with Crippen LogP contribution in [0.5, 0.6) is 0 Å². The van der Waals surface area contributed by atoms with E-state index in [4.69, 9.17) is 0 Å². The molecule has 6 nitrogen and oxygen atoms in total. The molecule has 1 aromatic heterocycles. The smallest absolute Gasteiger partial charge is 0.267 e. The second kappa shape index (κ2) is 7.56. The van der Waals surface area contributed by atoms with Gasteiger partial charge in [-0.15, -0.1) is 0 Å². The Morgan fingerprint density at radius 1 is 1.04 bits per heavy atom. The van der Waals surface area contributed by atoms with Crippen molar-refractivity contribution in [2.24, 2.45) is 0 Å². The minimum absolute atomic E-state index is 0.125. The maximum absolute atomic E-state index is 12.9. The quantitative estimate of drug-likeness (QED) is 0.851. The molecule has 1 heterocycles. The Kier molecular flexibility index (Phi) is 5.53. The van der Waals surface area contributed by atoms with Crippen molar-refractivity contribution in [2.45, 2.75) is 64.8 Å². The minimum Gasteiger partial charge on any atom is -0.268 e. The van der Waals surface area contributed by atoms with Crippen molar-refractivity contribution in [3.63, 3.8) is 0 Å². The molecule has 0 fully saturated rings. The highest BCUT2D eigenvalue weighted by atomic mass is 32.2. The summed E-state index contributed by atoms with van der Waals surface area (Å²) >= 11 is 0. The van der Waals surface area contributed by atoms with Crippen LogP contribution in [0.15, 0.2) is 21.8 Å². The summed E-state index contributed by atoms with van der Waals surface area (Å²) in [4.78, 5) is 12.6. The van der Waals surface area contributed by atoms with E-state index in [-0.39, 0.29) is 18.6 Å². The molecule has 146 valence electrons. The Hall–Kier alpha value is -1.99. The van der Waals surface area contributed by atoms with E-state index in [9.17, 15) is 13.2 Å². The van der Waals surface area contributed by atoms with Gasteiger partial charge in [-0.25, -0.2) is 17.8 Å². The van der Waals surface area contributed by atoms with Gasteiger partial charge in [0.2, 0.25) is 10.0 Å². The molecule has 27 heavy (non-hydrogen) atoms. The van der Waals surface area contributed by atoms with Gasteiger partial charge in [0.1, 0.15) is 0 Å². The van der Waals surface area contributed by atoms with Crippen LogP contribution in [0.4, 0.5) is 0 Å². The largest absolute Gasteiger partial charge is 0.268 e. The van der Waals surface area contributed by atoms with Crippen molar-refractivity contribution >= 4 is 10.0 Å². The molecule has 0 radical (unpaired) electrons. The molecule has 1 aliphatic rings. The van der Waals surface area contributed by atoms with E-state index in [1.807, 2.05) is 33.8 Å². The van der Waals surface area contributed by atoms with Gasteiger partial charge in [-0.2, -0.15) is 5.10 Å². The Balaban J connectivity index is 1.79. The van der Waals surface area contributed by atoms with E-state index in [2.05, 4.69) is 9.82 Å². The number of hydrogen-bond donors (Lipinski definition) is 1. The van der Waals surface area contributed by atoms with Gasteiger partial charge in [0.15, 0.2) is 0 Å². The van der Waals surface area contributed by atoms with Crippen LogP contribution >= 0.6 is 0 Å². The zero-order chi connectivity index (χ0) is 19.8. The lowest BCUT2D eigenvalue weighted by Gasteiger charge is -2.17. The number of aromatic nitrogens is 2. The van der Waals surface area contributed by atoms with Crippen molar-refractivity contribution in [3.8, 4) is 0 Å². The molecule has 0 aliphatic heterocycles. The standard InChI is InChI=1S/C20H27N3O3S/c1-13-11-14(2)16(4)20(15(13)3)27(25,26)21-9-10-23-19(24)12-17-7-5-6-8-18(17)22-23/h11-12,21H,5-10H2,1-4H3. The van der Waals surface area contributed by atoms with E-state index >= 15 is 0 Å². The fraction of sp³-hybridized carbons (Fsp3) is 0.500. The fourth-order valence-electron chi connectivity index (χ4n) is 3.70. The molecule has 7 heteroatoms. The first-order chi connectivity index (χ1) is 12.7. The third-order valence-electron chi connectivity index (χ3n) is 5.46. The predicted molar refractivity (Wildman–Crippen MR) is 106 cm³/mol. The number of rotatable bonds is 5. The maximum Gasteiger partial charge on any atom is 0.267 e. The first kappa shape index (κ1) is 19.8. The van der Waals surface area contributed by atoms with Crippen LogP contribution in [-0.4, -0.2) is 24.7 Å². The van der Waals surface area contributed by atoms with Gasteiger partial charge < -0.3 is 0 Å². The highest BCUT2D eigenvalue weighted by Gasteiger charge is 2.22. The summed E-state index contributed by atoms with van der Waals surface area (Å²) in [5.74, 6) is 0. The molecule has 0 atom stereocenters. The lowest BCUT2D eigenvalue weighted by molar-refractivity contribution is 0.526. The van der Waals surface area contributed by atoms with Gasteiger partial charge in [-0.1, -0.05) is 6.07 Å². The van der Waals surface area contributed by atoms with E-state index in [1.165, 1.54) is 4.68 Å². The summed E-state index contributed by atoms with van der Waals surface area (Å²) in [6, 6.07) is 3.65. The summed E-state index contributed by atoms with van der Waals surface area (Å²) in [6.45, 7) is 7.82. The lowest BCUT2D eigenvalue weighted by atomic mass is 9.97. The monoisotopic (exact) mass is 389 g/mol. The van der Waals surface area contributed by atoms with E-state index < -0.39 is 10.0 Å². The molecule has 1 aliphatic carbocycles. The van der Waals surface area contributed by atoms with Crippen molar-refractivity contribution in [1.82, 2.24) is 14.5 Å².